The van der Waals surface area contributed by atoms with E-state index in [0.717, 1.165) is 24.7 Å². The van der Waals surface area contributed by atoms with Crippen molar-refractivity contribution in [2.75, 3.05) is 13.7 Å². The predicted octanol–water partition coefficient (Wildman–Crippen LogP) is 0.929. The molecule has 2 fully saturated rings. The Bertz CT molecular complexity index is 298. The van der Waals surface area contributed by atoms with Crippen molar-refractivity contribution in [2.45, 2.75) is 24.6 Å². The number of halogens is 1. The Kier molecular flexibility index (Phi) is 3.38. The van der Waals surface area contributed by atoms with Gasteiger partial charge in [0, 0.05) is 12.5 Å². The first-order valence-electron chi connectivity index (χ1n) is 5.61. The lowest BCUT2D eigenvalue weighted by Crippen LogP contribution is -2.37. The van der Waals surface area contributed by atoms with Crippen molar-refractivity contribution in [3.63, 3.8) is 0 Å². The van der Waals surface area contributed by atoms with Crippen LogP contribution in [0.25, 0.3) is 0 Å². The fourth-order valence-corrected chi connectivity index (χ4v) is 2.64. The highest BCUT2D eigenvalue weighted by molar-refractivity contribution is 6.30. The van der Waals surface area contributed by atoms with Crippen molar-refractivity contribution in [1.29, 1.82) is 0 Å². The predicted molar refractivity (Wildman–Crippen MR) is 59.0 cm³/mol. The van der Waals surface area contributed by atoms with E-state index in [2.05, 4.69) is 10.1 Å². The van der Waals surface area contributed by atoms with Gasteiger partial charge in [0.1, 0.15) is 5.38 Å². The van der Waals surface area contributed by atoms with Crippen molar-refractivity contribution >= 4 is 23.5 Å². The van der Waals surface area contributed by atoms with Gasteiger partial charge in [0.15, 0.2) is 0 Å². The Hall–Kier alpha value is -0.770. The Morgan fingerprint density at radius 3 is 2.56 bits per heavy atom. The van der Waals surface area contributed by atoms with E-state index in [9.17, 15) is 9.59 Å². The van der Waals surface area contributed by atoms with Crippen LogP contribution >= 0.6 is 11.6 Å². The van der Waals surface area contributed by atoms with Gasteiger partial charge in [0.05, 0.1) is 7.11 Å². The molecule has 0 heterocycles. The second-order valence-electron chi connectivity index (χ2n) is 4.66. The van der Waals surface area contributed by atoms with Gasteiger partial charge < -0.3 is 10.1 Å². The summed E-state index contributed by atoms with van der Waals surface area (Å²) in [6.45, 7) is 0.152. The zero-order valence-corrected chi connectivity index (χ0v) is 10.00. The number of esters is 1. The number of amides is 1. The molecule has 0 radical (unpaired) electrons. The Labute approximate surface area is 99.7 Å². The summed E-state index contributed by atoms with van der Waals surface area (Å²) in [5, 5.41) is 1.92. The summed E-state index contributed by atoms with van der Waals surface area (Å²) in [7, 11) is 1.28. The van der Waals surface area contributed by atoms with Gasteiger partial charge >= 0.3 is 5.97 Å². The van der Waals surface area contributed by atoms with Crippen LogP contribution in [-0.2, 0) is 14.3 Å². The molecule has 4 nitrogen and oxygen atoms in total. The molecular formula is C11H16ClNO3. The van der Waals surface area contributed by atoms with Gasteiger partial charge in [-0.25, -0.2) is 0 Å². The van der Waals surface area contributed by atoms with Crippen molar-refractivity contribution in [2.24, 2.45) is 17.8 Å². The lowest BCUT2D eigenvalue weighted by molar-refractivity contribution is -0.140. The van der Waals surface area contributed by atoms with Gasteiger partial charge in [-0.05, 0) is 31.1 Å². The average molecular weight is 246 g/mol. The van der Waals surface area contributed by atoms with Crippen molar-refractivity contribution < 1.29 is 14.3 Å². The number of ether oxygens (including phenoxy) is 1. The first kappa shape index (κ1) is 11.7. The lowest BCUT2D eigenvalue weighted by atomic mass is 10.0. The molecule has 16 heavy (non-hydrogen) atoms. The Morgan fingerprint density at radius 2 is 2.00 bits per heavy atom. The van der Waals surface area contributed by atoms with Crippen molar-refractivity contribution in [3.05, 3.63) is 0 Å². The van der Waals surface area contributed by atoms with Crippen molar-refractivity contribution in [3.8, 4) is 0 Å². The molecule has 0 spiro atoms. The molecule has 90 valence electrons. The summed E-state index contributed by atoms with van der Waals surface area (Å²) in [6, 6.07) is 0. The molecule has 3 atom stereocenters. The van der Waals surface area contributed by atoms with Crippen LogP contribution in [0.1, 0.15) is 19.3 Å². The molecule has 2 aliphatic carbocycles. The third-order valence-electron chi connectivity index (χ3n) is 3.53. The molecule has 3 unspecified atom stereocenters. The number of methoxy groups -OCH3 is 1. The fraction of sp³-hybridized carbons (Fsp3) is 0.818. The summed E-state index contributed by atoms with van der Waals surface area (Å²) in [5.41, 5.74) is 0. The summed E-state index contributed by atoms with van der Waals surface area (Å²) in [4.78, 5) is 22.7. The third-order valence-corrected chi connectivity index (χ3v) is 3.86. The Morgan fingerprint density at radius 1 is 1.38 bits per heavy atom. The van der Waals surface area contributed by atoms with E-state index in [4.69, 9.17) is 11.6 Å². The van der Waals surface area contributed by atoms with Crippen LogP contribution in [0.5, 0.6) is 0 Å². The highest BCUT2D eigenvalue weighted by Gasteiger charge is 2.47. The quantitative estimate of drug-likeness (QED) is 0.592. The van der Waals surface area contributed by atoms with Crippen LogP contribution in [0.2, 0.25) is 0 Å². The minimum atomic E-state index is -0.787. The summed E-state index contributed by atoms with van der Waals surface area (Å²) in [5.74, 6) is 1.22. The van der Waals surface area contributed by atoms with E-state index in [-0.39, 0.29) is 18.4 Å². The number of carbonyl (C=O) groups is 2. The summed E-state index contributed by atoms with van der Waals surface area (Å²) >= 11 is 5.73. The molecule has 0 saturated heterocycles. The van der Waals surface area contributed by atoms with E-state index in [1.54, 1.807) is 0 Å². The first-order valence-corrected chi connectivity index (χ1v) is 6.05. The molecule has 1 N–H and O–H groups in total. The molecular weight excluding hydrogens is 230 g/mol. The lowest BCUT2D eigenvalue weighted by Gasteiger charge is -2.13. The van der Waals surface area contributed by atoms with Gasteiger partial charge in [0.25, 0.3) is 0 Å². The smallest absolute Gasteiger partial charge is 0.325 e. The molecule has 0 aromatic heterocycles. The molecule has 1 amide bonds. The largest absolute Gasteiger partial charge is 0.468 e. The highest BCUT2D eigenvalue weighted by Crippen LogP contribution is 2.54. The molecule has 0 aromatic rings. The normalized spacial score (nSPS) is 32.8. The monoisotopic (exact) mass is 245 g/mol. The van der Waals surface area contributed by atoms with E-state index in [1.165, 1.54) is 13.5 Å². The molecule has 0 aliphatic heterocycles. The van der Waals surface area contributed by atoms with Gasteiger partial charge in [0.2, 0.25) is 5.91 Å². The van der Waals surface area contributed by atoms with Gasteiger partial charge in [-0.2, -0.15) is 0 Å². The molecule has 2 aliphatic rings. The van der Waals surface area contributed by atoms with Gasteiger partial charge in [-0.1, -0.05) is 0 Å². The van der Waals surface area contributed by atoms with Crippen LogP contribution in [0.15, 0.2) is 0 Å². The standard InChI is InChI=1S/C11H16ClNO3/c1-16-11(15)9(12)5-13-10(14)8-3-6-2-7(6)4-8/h6-9H,2-5H2,1H3,(H,13,14). The number of rotatable bonds is 4. The number of hydrogen-bond acceptors (Lipinski definition) is 3. The van der Waals surface area contributed by atoms with Crippen LogP contribution in [0.3, 0.4) is 0 Å². The minimum Gasteiger partial charge on any atom is -0.468 e. The maximum absolute atomic E-state index is 11.7. The number of fused-ring (bicyclic) bond motifs is 1. The van der Waals surface area contributed by atoms with E-state index in [1.807, 2.05) is 0 Å². The van der Waals surface area contributed by atoms with Gasteiger partial charge in [-0.3, -0.25) is 9.59 Å². The molecule has 2 rings (SSSR count). The zero-order chi connectivity index (χ0) is 11.7. The maximum atomic E-state index is 11.7. The number of nitrogens with one attached hydrogen (secondary N) is 1. The topological polar surface area (TPSA) is 55.4 Å². The van der Waals surface area contributed by atoms with E-state index < -0.39 is 11.3 Å². The number of hydrogen-bond donors (Lipinski definition) is 1. The zero-order valence-electron chi connectivity index (χ0n) is 9.24. The molecule has 0 aromatic carbocycles. The van der Waals surface area contributed by atoms with Crippen LogP contribution in [0.4, 0.5) is 0 Å². The second-order valence-corrected chi connectivity index (χ2v) is 5.19. The summed E-state index contributed by atoms with van der Waals surface area (Å²) < 4.78 is 4.47. The highest BCUT2D eigenvalue weighted by atomic mass is 35.5. The Balaban J connectivity index is 1.69. The molecule has 2 saturated carbocycles. The van der Waals surface area contributed by atoms with Crippen LogP contribution in [0, 0.1) is 17.8 Å². The van der Waals surface area contributed by atoms with Crippen LogP contribution in [-0.4, -0.2) is 30.9 Å². The average Bonchev–Trinajstić information content (AvgIpc) is 2.91. The molecule has 0 bridgehead atoms. The SMILES string of the molecule is COC(=O)C(Cl)CNC(=O)C1CC2CC2C1. The molecule has 5 heteroatoms. The fourth-order valence-electron chi connectivity index (χ4n) is 2.47. The first-order chi connectivity index (χ1) is 7.61. The van der Waals surface area contributed by atoms with Gasteiger partial charge in [-0.15, -0.1) is 11.6 Å². The van der Waals surface area contributed by atoms with E-state index in [0.29, 0.717) is 0 Å². The number of alkyl halides is 1. The maximum Gasteiger partial charge on any atom is 0.325 e. The van der Waals surface area contributed by atoms with E-state index >= 15 is 0 Å². The van der Waals surface area contributed by atoms with Crippen molar-refractivity contribution in [1.82, 2.24) is 5.32 Å². The second kappa shape index (κ2) is 4.62. The minimum absolute atomic E-state index is 0.0294. The number of carbonyl (C=O) groups excluding carboxylic acids is 2. The van der Waals surface area contributed by atoms with Crippen LogP contribution < -0.4 is 5.32 Å². The third kappa shape index (κ3) is 2.48. The summed E-state index contributed by atoms with van der Waals surface area (Å²) in [6.07, 6.45) is 3.30.